The molecule has 4 N–H and O–H groups in total. The highest BCUT2D eigenvalue weighted by atomic mass is 14.8. The molecule has 13 heavy (non-hydrogen) atoms. The van der Waals surface area contributed by atoms with E-state index in [1.165, 1.54) is 18.4 Å². The molecule has 0 unspecified atom stereocenters. The second-order valence-corrected chi connectivity index (χ2v) is 3.33. The van der Waals surface area contributed by atoms with E-state index in [-0.39, 0.29) is 6.17 Å². The van der Waals surface area contributed by atoms with Crippen LogP contribution in [0.4, 0.5) is 0 Å². The van der Waals surface area contributed by atoms with E-state index in [4.69, 9.17) is 11.5 Å². The highest BCUT2D eigenvalue weighted by Gasteiger charge is 2.04. The van der Waals surface area contributed by atoms with E-state index in [0.29, 0.717) is 0 Å². The first-order valence-corrected chi connectivity index (χ1v) is 4.84. The molecule has 1 aromatic rings. The largest absolute Gasteiger partial charge is 0.312 e. The molecule has 0 aliphatic rings. The van der Waals surface area contributed by atoms with Crippen molar-refractivity contribution in [2.45, 2.75) is 32.4 Å². The zero-order chi connectivity index (χ0) is 9.68. The van der Waals surface area contributed by atoms with Crippen LogP contribution in [-0.2, 0) is 6.42 Å². The summed E-state index contributed by atoms with van der Waals surface area (Å²) in [7, 11) is 0. The fraction of sp³-hybridized carbons (Fsp3) is 0.455. The van der Waals surface area contributed by atoms with E-state index >= 15 is 0 Å². The SMILES string of the molecule is CCCCc1ccccc1C(N)N. The quantitative estimate of drug-likeness (QED) is 0.692. The third kappa shape index (κ3) is 2.83. The normalized spacial score (nSPS) is 10.8. The molecular formula is C11H18N2. The maximum atomic E-state index is 5.66. The van der Waals surface area contributed by atoms with Crippen LogP contribution in [-0.4, -0.2) is 0 Å². The van der Waals surface area contributed by atoms with Crippen LogP contribution in [0.15, 0.2) is 24.3 Å². The molecule has 0 amide bonds. The van der Waals surface area contributed by atoms with Crippen LogP contribution < -0.4 is 11.5 Å². The lowest BCUT2D eigenvalue weighted by Crippen LogP contribution is -2.21. The number of hydrogen-bond acceptors (Lipinski definition) is 2. The van der Waals surface area contributed by atoms with E-state index < -0.39 is 0 Å². The van der Waals surface area contributed by atoms with Crippen LogP contribution in [0.5, 0.6) is 0 Å². The Morgan fingerprint density at radius 3 is 2.54 bits per heavy atom. The maximum Gasteiger partial charge on any atom is 0.0787 e. The molecule has 0 saturated carbocycles. The summed E-state index contributed by atoms with van der Waals surface area (Å²) in [5.74, 6) is 0. The first kappa shape index (κ1) is 10.2. The van der Waals surface area contributed by atoms with E-state index in [1.807, 2.05) is 18.2 Å². The summed E-state index contributed by atoms with van der Waals surface area (Å²) < 4.78 is 0. The number of hydrogen-bond donors (Lipinski definition) is 2. The molecule has 0 spiro atoms. The number of nitrogens with two attached hydrogens (primary N) is 2. The maximum absolute atomic E-state index is 5.66. The Labute approximate surface area is 79.9 Å². The highest BCUT2D eigenvalue weighted by Crippen LogP contribution is 2.14. The van der Waals surface area contributed by atoms with E-state index in [0.717, 1.165) is 12.0 Å². The molecule has 0 fully saturated rings. The van der Waals surface area contributed by atoms with Gasteiger partial charge in [-0.05, 0) is 24.0 Å². The lowest BCUT2D eigenvalue weighted by Gasteiger charge is -2.11. The smallest absolute Gasteiger partial charge is 0.0787 e. The van der Waals surface area contributed by atoms with Gasteiger partial charge in [0.2, 0.25) is 0 Å². The van der Waals surface area contributed by atoms with Gasteiger partial charge in [0.15, 0.2) is 0 Å². The van der Waals surface area contributed by atoms with Crippen LogP contribution in [0, 0.1) is 0 Å². The Hall–Kier alpha value is -0.860. The predicted molar refractivity (Wildman–Crippen MR) is 56.2 cm³/mol. The molecule has 2 nitrogen and oxygen atoms in total. The van der Waals surface area contributed by atoms with Crippen molar-refractivity contribution in [1.29, 1.82) is 0 Å². The number of benzene rings is 1. The highest BCUT2D eigenvalue weighted by molar-refractivity contribution is 5.29. The Morgan fingerprint density at radius 2 is 1.92 bits per heavy atom. The van der Waals surface area contributed by atoms with Gasteiger partial charge in [0.1, 0.15) is 0 Å². The summed E-state index contributed by atoms with van der Waals surface area (Å²) in [6.07, 6.45) is 3.14. The van der Waals surface area contributed by atoms with Gasteiger partial charge in [0, 0.05) is 0 Å². The minimum Gasteiger partial charge on any atom is -0.312 e. The van der Waals surface area contributed by atoms with Crippen LogP contribution in [0.1, 0.15) is 37.1 Å². The van der Waals surface area contributed by atoms with Crippen LogP contribution in [0.25, 0.3) is 0 Å². The monoisotopic (exact) mass is 178 g/mol. The van der Waals surface area contributed by atoms with Gasteiger partial charge >= 0.3 is 0 Å². The van der Waals surface area contributed by atoms with Gasteiger partial charge < -0.3 is 11.5 Å². The van der Waals surface area contributed by atoms with Gasteiger partial charge in [0.25, 0.3) is 0 Å². The first-order chi connectivity index (χ1) is 6.25. The number of unbranched alkanes of at least 4 members (excludes halogenated alkanes) is 1. The molecule has 1 aromatic carbocycles. The average Bonchev–Trinajstić information content (AvgIpc) is 2.15. The second kappa shape index (κ2) is 5.00. The molecule has 72 valence electrons. The Bertz CT molecular complexity index is 256. The molecule has 0 bridgehead atoms. The Morgan fingerprint density at radius 1 is 1.23 bits per heavy atom. The third-order valence-electron chi connectivity index (χ3n) is 2.21. The molecule has 0 heterocycles. The van der Waals surface area contributed by atoms with E-state index in [1.54, 1.807) is 0 Å². The molecule has 0 aliphatic heterocycles. The summed E-state index contributed by atoms with van der Waals surface area (Å²) in [6.45, 7) is 2.19. The lowest BCUT2D eigenvalue weighted by atomic mass is 10.0. The van der Waals surface area contributed by atoms with E-state index in [2.05, 4.69) is 13.0 Å². The number of aryl methyl sites for hydroxylation is 1. The Kier molecular flexibility index (Phi) is 3.93. The molecule has 0 atom stereocenters. The van der Waals surface area contributed by atoms with Crippen molar-refractivity contribution < 1.29 is 0 Å². The summed E-state index contributed by atoms with van der Waals surface area (Å²) in [5.41, 5.74) is 13.7. The topological polar surface area (TPSA) is 52.0 Å². The molecule has 0 aliphatic carbocycles. The molecular weight excluding hydrogens is 160 g/mol. The Balaban J connectivity index is 2.78. The van der Waals surface area contributed by atoms with Crippen LogP contribution in [0.2, 0.25) is 0 Å². The fourth-order valence-corrected chi connectivity index (χ4v) is 1.45. The van der Waals surface area contributed by atoms with Crippen LogP contribution >= 0.6 is 0 Å². The number of rotatable bonds is 4. The summed E-state index contributed by atoms with van der Waals surface area (Å²) in [4.78, 5) is 0. The minimum atomic E-state index is -0.340. The van der Waals surface area contributed by atoms with Crippen LogP contribution in [0.3, 0.4) is 0 Å². The standard InChI is InChI=1S/C11H18N2/c1-2-3-6-9-7-4-5-8-10(9)11(12)13/h4-5,7-8,11H,2-3,6,12-13H2,1H3. The average molecular weight is 178 g/mol. The fourth-order valence-electron chi connectivity index (χ4n) is 1.45. The van der Waals surface area contributed by atoms with Gasteiger partial charge in [-0.3, -0.25) is 0 Å². The van der Waals surface area contributed by atoms with Crippen molar-refractivity contribution in [2.24, 2.45) is 11.5 Å². The van der Waals surface area contributed by atoms with Gasteiger partial charge in [0.05, 0.1) is 6.17 Å². The van der Waals surface area contributed by atoms with Crippen molar-refractivity contribution in [3.05, 3.63) is 35.4 Å². The molecule has 1 rings (SSSR count). The molecule has 0 aromatic heterocycles. The first-order valence-electron chi connectivity index (χ1n) is 4.84. The van der Waals surface area contributed by atoms with Gasteiger partial charge in [-0.15, -0.1) is 0 Å². The molecule has 0 saturated heterocycles. The van der Waals surface area contributed by atoms with E-state index in [9.17, 15) is 0 Å². The second-order valence-electron chi connectivity index (χ2n) is 3.33. The minimum absolute atomic E-state index is 0.340. The molecule has 0 radical (unpaired) electrons. The van der Waals surface area contributed by atoms with Crippen molar-refractivity contribution in [3.8, 4) is 0 Å². The van der Waals surface area contributed by atoms with Crippen molar-refractivity contribution in [1.82, 2.24) is 0 Å². The summed E-state index contributed by atoms with van der Waals surface area (Å²) >= 11 is 0. The zero-order valence-corrected chi connectivity index (χ0v) is 8.16. The summed E-state index contributed by atoms with van der Waals surface area (Å²) in [5, 5.41) is 0. The molecule has 2 heteroatoms. The van der Waals surface area contributed by atoms with Crippen molar-refractivity contribution >= 4 is 0 Å². The third-order valence-corrected chi connectivity index (χ3v) is 2.21. The lowest BCUT2D eigenvalue weighted by molar-refractivity contribution is 0.733. The van der Waals surface area contributed by atoms with Crippen molar-refractivity contribution in [3.63, 3.8) is 0 Å². The van der Waals surface area contributed by atoms with Gasteiger partial charge in [-0.25, -0.2) is 0 Å². The predicted octanol–water partition coefficient (Wildman–Crippen LogP) is 1.95. The zero-order valence-electron chi connectivity index (χ0n) is 8.16. The summed E-state index contributed by atoms with van der Waals surface area (Å²) in [6, 6.07) is 8.14. The van der Waals surface area contributed by atoms with Gasteiger partial charge in [-0.1, -0.05) is 37.6 Å². The van der Waals surface area contributed by atoms with Crippen molar-refractivity contribution in [2.75, 3.05) is 0 Å². The van der Waals surface area contributed by atoms with Gasteiger partial charge in [-0.2, -0.15) is 0 Å².